The fourth-order valence-electron chi connectivity index (χ4n) is 4.53. The number of carbonyl (C=O) groups excluding carboxylic acids is 1. The molecule has 1 aromatic carbocycles. The number of carbonyl (C=O) groups is 1. The first kappa shape index (κ1) is 19.2. The van der Waals surface area contributed by atoms with Gasteiger partial charge in [-0.1, -0.05) is 36.8 Å². The van der Waals surface area contributed by atoms with E-state index >= 15 is 0 Å². The number of rotatable bonds is 4. The van der Waals surface area contributed by atoms with E-state index in [2.05, 4.69) is 47.0 Å². The lowest BCUT2D eigenvalue weighted by atomic mass is 9.81. The number of hydrogen-bond donors (Lipinski definition) is 2. The molecule has 6 heteroatoms. The molecule has 0 bridgehead atoms. The largest absolute Gasteiger partial charge is 0.435 e. The van der Waals surface area contributed by atoms with Crippen molar-refractivity contribution >= 4 is 5.91 Å². The predicted octanol–water partition coefficient (Wildman–Crippen LogP) is 2.97. The van der Waals surface area contributed by atoms with Crippen LogP contribution in [0.3, 0.4) is 0 Å². The van der Waals surface area contributed by atoms with Crippen LogP contribution >= 0.6 is 0 Å². The van der Waals surface area contributed by atoms with Crippen molar-refractivity contribution in [1.82, 2.24) is 20.7 Å². The summed E-state index contributed by atoms with van der Waals surface area (Å²) in [7, 11) is 0. The van der Waals surface area contributed by atoms with E-state index in [1.165, 1.54) is 11.1 Å². The summed E-state index contributed by atoms with van der Waals surface area (Å²) in [6, 6.07) is 9.15. The highest BCUT2D eigenvalue weighted by Gasteiger charge is 2.38. The van der Waals surface area contributed by atoms with Gasteiger partial charge in [0.2, 0.25) is 5.76 Å². The zero-order valence-electron chi connectivity index (χ0n) is 17.0. The topological polar surface area (TPSA) is 70.4 Å². The molecule has 28 heavy (non-hydrogen) atoms. The molecule has 2 aliphatic rings. The molecule has 4 rings (SSSR count). The zero-order valence-corrected chi connectivity index (χ0v) is 17.0. The highest BCUT2D eigenvalue weighted by atomic mass is 16.4. The summed E-state index contributed by atoms with van der Waals surface area (Å²) in [4.78, 5) is 19.4. The molecule has 3 atom stereocenters. The van der Waals surface area contributed by atoms with E-state index in [9.17, 15) is 4.79 Å². The summed E-state index contributed by atoms with van der Waals surface area (Å²) in [5.74, 6) is 1.85. The number of hydrazine groups is 1. The van der Waals surface area contributed by atoms with Crippen molar-refractivity contribution in [3.63, 3.8) is 0 Å². The third-order valence-electron chi connectivity index (χ3n) is 6.12. The molecule has 2 fully saturated rings. The van der Waals surface area contributed by atoms with Gasteiger partial charge in [-0.25, -0.2) is 4.98 Å². The SMILES string of the molecule is CCc1nc(C)c(C(=O)N2CCCC(C3NNCC3c3ccc(C)cc3)C2)o1. The van der Waals surface area contributed by atoms with E-state index in [0.29, 0.717) is 41.6 Å². The smallest absolute Gasteiger partial charge is 0.291 e. The molecule has 2 aromatic rings. The van der Waals surface area contributed by atoms with Gasteiger partial charge in [-0.2, -0.15) is 0 Å². The second-order valence-electron chi connectivity index (χ2n) is 8.10. The van der Waals surface area contributed by atoms with Gasteiger partial charge in [0.05, 0.1) is 5.69 Å². The molecule has 2 N–H and O–H groups in total. The number of nitrogens with one attached hydrogen (secondary N) is 2. The third kappa shape index (κ3) is 3.71. The van der Waals surface area contributed by atoms with Gasteiger partial charge in [-0.3, -0.25) is 15.6 Å². The summed E-state index contributed by atoms with van der Waals surface area (Å²) in [5.41, 5.74) is 10.2. The van der Waals surface area contributed by atoms with E-state index in [4.69, 9.17) is 4.42 Å². The average molecular weight is 383 g/mol. The van der Waals surface area contributed by atoms with E-state index in [0.717, 1.165) is 32.5 Å². The van der Waals surface area contributed by atoms with Gasteiger partial charge in [-0.15, -0.1) is 0 Å². The fourth-order valence-corrected chi connectivity index (χ4v) is 4.53. The van der Waals surface area contributed by atoms with Gasteiger partial charge < -0.3 is 9.32 Å². The first-order valence-electron chi connectivity index (χ1n) is 10.4. The predicted molar refractivity (Wildman–Crippen MR) is 108 cm³/mol. The minimum Gasteiger partial charge on any atom is -0.435 e. The Balaban J connectivity index is 1.49. The lowest BCUT2D eigenvalue weighted by molar-refractivity contribution is 0.0610. The minimum atomic E-state index is -0.0211. The average Bonchev–Trinajstić information content (AvgIpc) is 3.35. The Hall–Kier alpha value is -2.18. The van der Waals surface area contributed by atoms with Crippen molar-refractivity contribution in [3.05, 3.63) is 52.7 Å². The van der Waals surface area contributed by atoms with E-state index in [1.807, 2.05) is 18.7 Å². The van der Waals surface area contributed by atoms with Crippen LogP contribution in [0.1, 0.15) is 58.9 Å². The molecule has 1 amide bonds. The summed E-state index contributed by atoms with van der Waals surface area (Å²) in [5, 5.41) is 0. The summed E-state index contributed by atoms with van der Waals surface area (Å²) >= 11 is 0. The summed E-state index contributed by atoms with van der Waals surface area (Å²) < 4.78 is 5.71. The summed E-state index contributed by atoms with van der Waals surface area (Å²) in [6.45, 7) is 8.41. The molecule has 2 saturated heterocycles. The summed E-state index contributed by atoms with van der Waals surface area (Å²) in [6.07, 6.45) is 2.84. The number of aryl methyl sites for hydroxylation is 3. The normalized spacial score (nSPS) is 25.2. The molecule has 0 spiro atoms. The maximum atomic E-state index is 13.1. The Labute approximate surface area is 166 Å². The highest BCUT2D eigenvalue weighted by Crippen LogP contribution is 2.32. The number of nitrogens with zero attached hydrogens (tertiary/aromatic N) is 2. The van der Waals surface area contributed by atoms with E-state index in [1.54, 1.807) is 0 Å². The van der Waals surface area contributed by atoms with Crippen LogP contribution in [0.4, 0.5) is 0 Å². The molecule has 0 aliphatic carbocycles. The van der Waals surface area contributed by atoms with Crippen molar-refractivity contribution in [2.24, 2.45) is 5.92 Å². The zero-order chi connectivity index (χ0) is 19.7. The van der Waals surface area contributed by atoms with Crippen molar-refractivity contribution in [1.29, 1.82) is 0 Å². The van der Waals surface area contributed by atoms with Crippen LogP contribution in [0, 0.1) is 19.8 Å². The number of amides is 1. The Morgan fingerprint density at radius 2 is 2.07 bits per heavy atom. The molecule has 3 unspecified atom stereocenters. The van der Waals surface area contributed by atoms with Gasteiger partial charge in [0.25, 0.3) is 5.91 Å². The Morgan fingerprint density at radius 1 is 1.29 bits per heavy atom. The lowest BCUT2D eigenvalue weighted by Crippen LogP contribution is -2.48. The first-order chi connectivity index (χ1) is 13.6. The number of aromatic nitrogens is 1. The number of benzene rings is 1. The Bertz CT molecular complexity index is 830. The van der Waals surface area contributed by atoms with Gasteiger partial charge in [0.15, 0.2) is 5.89 Å². The van der Waals surface area contributed by atoms with Crippen LogP contribution < -0.4 is 10.9 Å². The number of likely N-dealkylation sites (tertiary alicyclic amines) is 1. The first-order valence-corrected chi connectivity index (χ1v) is 10.4. The highest BCUT2D eigenvalue weighted by molar-refractivity contribution is 5.92. The van der Waals surface area contributed by atoms with Crippen LogP contribution in [-0.4, -0.2) is 41.5 Å². The second-order valence-corrected chi connectivity index (χ2v) is 8.10. The molecule has 0 saturated carbocycles. The van der Waals surface area contributed by atoms with Gasteiger partial charge in [0.1, 0.15) is 0 Å². The van der Waals surface area contributed by atoms with Crippen molar-refractivity contribution in [2.75, 3.05) is 19.6 Å². The molecule has 0 radical (unpaired) electrons. The number of oxazole rings is 1. The third-order valence-corrected chi connectivity index (χ3v) is 6.12. The van der Waals surface area contributed by atoms with Crippen LogP contribution in [0.25, 0.3) is 0 Å². The fraction of sp³-hybridized carbons (Fsp3) is 0.545. The van der Waals surface area contributed by atoms with Crippen LogP contribution in [-0.2, 0) is 6.42 Å². The quantitative estimate of drug-likeness (QED) is 0.851. The maximum absolute atomic E-state index is 13.1. The Morgan fingerprint density at radius 3 is 2.79 bits per heavy atom. The van der Waals surface area contributed by atoms with E-state index in [-0.39, 0.29) is 5.91 Å². The molecule has 3 heterocycles. The molecular weight excluding hydrogens is 352 g/mol. The maximum Gasteiger partial charge on any atom is 0.291 e. The second kappa shape index (κ2) is 8.05. The van der Waals surface area contributed by atoms with Gasteiger partial charge in [-0.05, 0) is 38.2 Å². The minimum absolute atomic E-state index is 0.0211. The standard InChI is InChI=1S/C22H30N4O2/c1-4-19-24-15(3)21(28-19)22(27)26-11-5-6-17(13-26)20-18(12-23-25-20)16-9-7-14(2)8-10-16/h7-10,17-18,20,23,25H,4-6,11-13H2,1-3H3. The van der Waals surface area contributed by atoms with Gasteiger partial charge >= 0.3 is 0 Å². The van der Waals surface area contributed by atoms with E-state index < -0.39 is 0 Å². The Kier molecular flexibility index (Phi) is 5.51. The van der Waals surface area contributed by atoms with Crippen LogP contribution in [0.2, 0.25) is 0 Å². The molecule has 150 valence electrons. The molecule has 2 aliphatic heterocycles. The molecule has 1 aromatic heterocycles. The molecule has 6 nitrogen and oxygen atoms in total. The van der Waals surface area contributed by atoms with Crippen molar-refractivity contribution < 1.29 is 9.21 Å². The van der Waals surface area contributed by atoms with Crippen molar-refractivity contribution in [2.45, 2.75) is 52.0 Å². The van der Waals surface area contributed by atoms with Crippen LogP contribution in [0.15, 0.2) is 28.7 Å². The van der Waals surface area contributed by atoms with Crippen LogP contribution in [0.5, 0.6) is 0 Å². The van der Waals surface area contributed by atoms with Gasteiger partial charge in [0, 0.05) is 38.0 Å². The monoisotopic (exact) mass is 382 g/mol. The number of hydrogen-bond acceptors (Lipinski definition) is 5. The lowest BCUT2D eigenvalue weighted by Gasteiger charge is -2.37. The number of piperidine rings is 1. The molecular formula is C22H30N4O2. The van der Waals surface area contributed by atoms with Crippen molar-refractivity contribution in [3.8, 4) is 0 Å².